The summed E-state index contributed by atoms with van der Waals surface area (Å²) >= 11 is 0. The SMILES string of the molecule is CCCCCC(/C=C/C1C(O[Si](C)(C)C(C)(C)C)CC2C=C(CCCCC34OCC(C)(CO3)CO4)CC21)O[Si](C)(C)C(C)(C)C. The Morgan fingerprint density at radius 3 is 2.11 bits per heavy atom. The first-order chi connectivity index (χ1) is 20.8. The van der Waals surface area contributed by atoms with Gasteiger partial charge >= 0.3 is 0 Å². The topological polar surface area (TPSA) is 46.2 Å². The molecule has 0 amide bonds. The van der Waals surface area contributed by atoms with Crippen LogP contribution in [0.5, 0.6) is 0 Å². The number of fused-ring (bicyclic) bond motifs is 4. The number of rotatable bonds is 15. The van der Waals surface area contributed by atoms with Crippen molar-refractivity contribution < 1.29 is 23.1 Å². The predicted molar refractivity (Wildman–Crippen MR) is 192 cm³/mol. The molecule has 5 atom stereocenters. The van der Waals surface area contributed by atoms with Crippen molar-refractivity contribution in [1.29, 1.82) is 0 Å². The van der Waals surface area contributed by atoms with E-state index in [2.05, 4.69) is 99.8 Å². The van der Waals surface area contributed by atoms with E-state index in [1.165, 1.54) is 32.1 Å². The van der Waals surface area contributed by atoms with Crippen molar-refractivity contribution in [2.24, 2.45) is 23.2 Å². The zero-order valence-electron chi connectivity index (χ0n) is 31.4. The quantitative estimate of drug-likeness (QED) is 0.0992. The number of unbranched alkanes of at least 4 members (excludes halogenated alkanes) is 3. The molecule has 2 aliphatic carbocycles. The molecule has 0 spiro atoms. The molecule has 5 unspecified atom stereocenters. The Bertz CT molecular complexity index is 1010. The molecule has 4 fully saturated rings. The third-order valence-electron chi connectivity index (χ3n) is 12.2. The van der Waals surface area contributed by atoms with Gasteiger partial charge in [0.05, 0.1) is 32.0 Å². The first kappa shape index (κ1) is 37.5. The van der Waals surface area contributed by atoms with Gasteiger partial charge in [-0.3, -0.25) is 0 Å². The molecule has 5 nitrogen and oxygen atoms in total. The van der Waals surface area contributed by atoms with Gasteiger partial charge in [0.1, 0.15) is 0 Å². The van der Waals surface area contributed by atoms with Crippen LogP contribution in [-0.4, -0.2) is 54.6 Å². The van der Waals surface area contributed by atoms with Crippen LogP contribution in [0, 0.1) is 23.2 Å². The van der Waals surface area contributed by atoms with Crippen molar-refractivity contribution in [3.8, 4) is 0 Å². The molecular formula is C38H70O5Si2. The van der Waals surface area contributed by atoms with Crippen LogP contribution in [0.2, 0.25) is 36.3 Å². The van der Waals surface area contributed by atoms with Gasteiger partial charge in [0.2, 0.25) is 0 Å². The maximum Gasteiger partial charge on any atom is 0.282 e. The van der Waals surface area contributed by atoms with E-state index in [0.29, 0.717) is 23.9 Å². The van der Waals surface area contributed by atoms with Crippen LogP contribution in [0.3, 0.4) is 0 Å². The third kappa shape index (κ3) is 9.24. The lowest BCUT2D eigenvalue weighted by atomic mass is 9.88. The van der Waals surface area contributed by atoms with Gasteiger partial charge in [-0.05, 0) is 86.6 Å². The summed E-state index contributed by atoms with van der Waals surface area (Å²) in [6.45, 7) is 30.5. The average molecular weight is 663 g/mol. The molecule has 5 aliphatic rings. The molecule has 3 heterocycles. The second-order valence-corrected chi connectivity index (χ2v) is 28.0. The van der Waals surface area contributed by atoms with Gasteiger partial charge in [-0.1, -0.05) is 98.5 Å². The molecule has 0 aromatic rings. The number of allylic oxidation sites excluding steroid dienone is 2. The van der Waals surface area contributed by atoms with Crippen LogP contribution >= 0.6 is 0 Å². The number of hydrogen-bond acceptors (Lipinski definition) is 5. The van der Waals surface area contributed by atoms with Crippen LogP contribution in [-0.2, 0) is 23.1 Å². The third-order valence-corrected chi connectivity index (χ3v) is 21.2. The molecule has 1 saturated carbocycles. The largest absolute Gasteiger partial charge is 0.413 e. The lowest BCUT2D eigenvalue weighted by Crippen LogP contribution is -2.58. The zero-order valence-corrected chi connectivity index (χ0v) is 33.4. The van der Waals surface area contributed by atoms with Crippen LogP contribution < -0.4 is 0 Å². The highest BCUT2D eigenvalue weighted by atomic mass is 28.4. The molecule has 0 N–H and O–H groups in total. The summed E-state index contributed by atoms with van der Waals surface area (Å²) in [4.78, 5) is 0. The molecule has 0 aromatic carbocycles. The Balaban J connectivity index is 1.43. The Kier molecular flexibility index (Phi) is 11.9. The van der Waals surface area contributed by atoms with E-state index in [0.717, 1.165) is 51.9 Å². The lowest BCUT2D eigenvalue weighted by molar-refractivity contribution is -0.467. The van der Waals surface area contributed by atoms with Gasteiger partial charge < -0.3 is 23.1 Å². The number of ether oxygens (including phenoxy) is 3. The summed E-state index contributed by atoms with van der Waals surface area (Å²) in [5, 5.41) is 0.416. The van der Waals surface area contributed by atoms with Crippen molar-refractivity contribution in [3.63, 3.8) is 0 Å². The highest BCUT2D eigenvalue weighted by Crippen LogP contribution is 2.52. The first-order valence-corrected chi connectivity index (χ1v) is 24.3. The highest BCUT2D eigenvalue weighted by Gasteiger charge is 2.51. The maximum absolute atomic E-state index is 7.22. The van der Waals surface area contributed by atoms with E-state index in [1.54, 1.807) is 5.57 Å². The summed E-state index contributed by atoms with van der Waals surface area (Å²) in [6.07, 6.45) is 19.6. The second-order valence-electron chi connectivity index (χ2n) is 18.5. The Morgan fingerprint density at radius 1 is 0.911 bits per heavy atom. The van der Waals surface area contributed by atoms with Crippen LogP contribution in [0.25, 0.3) is 0 Å². The minimum Gasteiger partial charge on any atom is -0.413 e. The van der Waals surface area contributed by atoms with E-state index in [9.17, 15) is 0 Å². The smallest absolute Gasteiger partial charge is 0.282 e. The van der Waals surface area contributed by atoms with E-state index >= 15 is 0 Å². The lowest BCUT2D eigenvalue weighted by Gasteiger charge is -2.50. The van der Waals surface area contributed by atoms with E-state index in [4.69, 9.17) is 23.1 Å². The standard InChI is InChI=1S/C38H70O5Si2/c1-13-14-15-19-31(42-44(9,10)35(2,3)4)20-21-32-33-24-29(23-30(33)25-34(32)43-45(11,12)36(5,6)7)18-16-17-22-38-39-26-37(8,27-40-38)28-41-38/h20-21,23,30-34H,13-19,22,24-28H2,1-12H3/b21-20+. The summed E-state index contributed by atoms with van der Waals surface area (Å²) in [5.41, 5.74) is 1.67. The normalized spacial score (nSPS) is 33.2. The van der Waals surface area contributed by atoms with Crippen LogP contribution in [0.1, 0.15) is 120 Å². The molecular weight excluding hydrogens is 593 g/mol. The van der Waals surface area contributed by atoms with Crippen molar-refractivity contribution in [2.45, 2.75) is 174 Å². The van der Waals surface area contributed by atoms with Crippen LogP contribution in [0.4, 0.5) is 0 Å². The summed E-state index contributed by atoms with van der Waals surface area (Å²) in [7, 11) is -3.77. The molecule has 5 rings (SSSR count). The van der Waals surface area contributed by atoms with Crippen molar-refractivity contribution in [2.75, 3.05) is 19.8 Å². The number of hydrogen-bond donors (Lipinski definition) is 0. The molecule has 0 radical (unpaired) electrons. The van der Waals surface area contributed by atoms with Crippen molar-refractivity contribution in [3.05, 3.63) is 23.8 Å². The molecule has 0 aromatic heterocycles. The van der Waals surface area contributed by atoms with Gasteiger partial charge in [0, 0.05) is 17.8 Å². The monoisotopic (exact) mass is 662 g/mol. The van der Waals surface area contributed by atoms with E-state index in [-0.39, 0.29) is 21.6 Å². The predicted octanol–water partition coefficient (Wildman–Crippen LogP) is 10.8. The average Bonchev–Trinajstić information content (AvgIpc) is 3.46. The minimum atomic E-state index is -1.89. The molecule has 7 heteroatoms. The minimum absolute atomic E-state index is 0.0255. The zero-order chi connectivity index (χ0) is 33.3. The van der Waals surface area contributed by atoms with Crippen molar-refractivity contribution >= 4 is 16.6 Å². The summed E-state index contributed by atoms with van der Waals surface area (Å²) in [5.74, 6) is 0.913. The Morgan fingerprint density at radius 2 is 1.53 bits per heavy atom. The van der Waals surface area contributed by atoms with Gasteiger partial charge in [0.15, 0.2) is 16.6 Å². The molecule has 3 aliphatic heterocycles. The highest BCUT2D eigenvalue weighted by molar-refractivity contribution is 6.74. The Hall–Kier alpha value is -0.286. The maximum atomic E-state index is 7.22. The van der Waals surface area contributed by atoms with Gasteiger partial charge in [-0.2, -0.15) is 0 Å². The fraction of sp³-hybridized carbons (Fsp3) is 0.895. The van der Waals surface area contributed by atoms with Gasteiger partial charge in [-0.15, -0.1) is 0 Å². The molecule has 45 heavy (non-hydrogen) atoms. The summed E-state index contributed by atoms with van der Waals surface area (Å²) < 4.78 is 32.4. The molecule has 2 bridgehead atoms. The second kappa shape index (κ2) is 14.3. The Labute approximate surface area is 279 Å². The fourth-order valence-electron chi connectivity index (χ4n) is 7.06. The molecule has 3 saturated heterocycles. The van der Waals surface area contributed by atoms with Crippen LogP contribution in [0.15, 0.2) is 23.8 Å². The molecule has 260 valence electrons. The summed E-state index contributed by atoms with van der Waals surface area (Å²) in [6, 6.07) is 0. The van der Waals surface area contributed by atoms with Gasteiger partial charge in [-0.25, -0.2) is 0 Å². The van der Waals surface area contributed by atoms with E-state index in [1.807, 2.05) is 0 Å². The first-order valence-electron chi connectivity index (χ1n) is 18.4. The van der Waals surface area contributed by atoms with Crippen molar-refractivity contribution in [1.82, 2.24) is 0 Å². The fourth-order valence-corrected chi connectivity index (χ4v) is 9.73. The van der Waals surface area contributed by atoms with E-state index < -0.39 is 22.6 Å². The van der Waals surface area contributed by atoms with Gasteiger partial charge in [0.25, 0.3) is 5.97 Å².